The van der Waals surface area contributed by atoms with Gasteiger partial charge in [0, 0.05) is 11.2 Å². The first-order valence-corrected chi connectivity index (χ1v) is 5.02. The number of hydrogen-bond acceptors (Lipinski definition) is 4. The second kappa shape index (κ2) is 6.25. The number of halogens is 1. The lowest BCUT2D eigenvalue weighted by Gasteiger charge is -2.05. The normalized spacial score (nSPS) is 12.7. The molecule has 16 heavy (non-hydrogen) atoms. The van der Waals surface area contributed by atoms with Gasteiger partial charge in [-0.15, -0.1) is 0 Å². The Morgan fingerprint density at radius 2 is 2.19 bits per heavy atom. The number of ether oxygens (including phenoxy) is 1. The highest BCUT2D eigenvalue weighted by Crippen LogP contribution is 2.08. The largest absolute Gasteiger partial charge is 0.467 e. The Hall–Kier alpha value is -1.39. The molecule has 1 rings (SSSR count). The molecule has 0 heterocycles. The maximum absolute atomic E-state index is 11.1. The van der Waals surface area contributed by atoms with Crippen molar-refractivity contribution in [2.75, 3.05) is 13.7 Å². The van der Waals surface area contributed by atoms with Crippen molar-refractivity contribution in [2.24, 2.45) is 4.99 Å². The number of aliphatic hydroxyl groups is 1. The van der Waals surface area contributed by atoms with E-state index in [4.69, 9.17) is 16.7 Å². The summed E-state index contributed by atoms with van der Waals surface area (Å²) in [5.41, 5.74) is 0.798. The van der Waals surface area contributed by atoms with Crippen molar-refractivity contribution in [3.05, 3.63) is 34.9 Å². The molecule has 0 saturated heterocycles. The minimum absolute atomic E-state index is 0.378. The molecule has 0 fully saturated rings. The van der Waals surface area contributed by atoms with Crippen LogP contribution in [0.3, 0.4) is 0 Å². The van der Waals surface area contributed by atoms with Crippen LogP contribution in [0.5, 0.6) is 0 Å². The van der Waals surface area contributed by atoms with E-state index >= 15 is 0 Å². The molecule has 0 spiro atoms. The molecule has 0 aliphatic rings. The van der Waals surface area contributed by atoms with Crippen molar-refractivity contribution in [1.82, 2.24) is 0 Å². The number of hydrogen-bond donors (Lipinski definition) is 1. The molecule has 4 nitrogen and oxygen atoms in total. The zero-order valence-corrected chi connectivity index (χ0v) is 9.52. The number of nitrogens with zero attached hydrogens (tertiary/aromatic N) is 1. The Kier molecular flexibility index (Phi) is 4.95. The van der Waals surface area contributed by atoms with E-state index in [2.05, 4.69) is 9.73 Å². The molecule has 1 atom stereocenters. The number of carbonyl (C=O) groups excluding carboxylic acids is 1. The summed E-state index contributed by atoms with van der Waals surface area (Å²) in [5, 5.41) is 9.54. The summed E-state index contributed by atoms with van der Waals surface area (Å²) in [6.07, 6.45) is 1.49. The van der Waals surface area contributed by atoms with Crippen molar-refractivity contribution >= 4 is 23.8 Å². The highest BCUT2D eigenvalue weighted by molar-refractivity contribution is 6.30. The van der Waals surface area contributed by atoms with Gasteiger partial charge in [0.2, 0.25) is 0 Å². The maximum Gasteiger partial charge on any atom is 0.332 e. The Bertz CT molecular complexity index is 375. The number of aliphatic hydroxyl groups excluding tert-OH is 1. The summed E-state index contributed by atoms with van der Waals surface area (Å²) in [6.45, 7) is -0.378. The van der Waals surface area contributed by atoms with Gasteiger partial charge in [-0.05, 0) is 17.7 Å². The van der Waals surface area contributed by atoms with Crippen LogP contribution >= 0.6 is 11.6 Å². The monoisotopic (exact) mass is 241 g/mol. The number of methoxy groups -OCH3 is 1. The highest BCUT2D eigenvalue weighted by atomic mass is 35.5. The number of rotatable bonds is 4. The van der Waals surface area contributed by atoms with Crippen molar-refractivity contribution in [3.63, 3.8) is 0 Å². The SMILES string of the molecule is COC(=O)C(CO)/N=C/c1ccc(Cl)cc1. The van der Waals surface area contributed by atoms with Gasteiger partial charge in [0.15, 0.2) is 6.04 Å². The van der Waals surface area contributed by atoms with Gasteiger partial charge in [0.25, 0.3) is 0 Å². The molecule has 0 saturated carbocycles. The fourth-order valence-electron chi connectivity index (χ4n) is 1.04. The van der Waals surface area contributed by atoms with Crippen LogP contribution in [0.1, 0.15) is 5.56 Å². The second-order valence-electron chi connectivity index (χ2n) is 3.05. The summed E-state index contributed by atoms with van der Waals surface area (Å²) in [5.74, 6) is -0.562. The number of esters is 1. The Morgan fingerprint density at radius 3 is 2.69 bits per heavy atom. The van der Waals surface area contributed by atoms with E-state index in [0.717, 1.165) is 5.56 Å². The molecule has 0 radical (unpaired) electrons. The first-order chi connectivity index (χ1) is 7.67. The molecule has 0 aromatic heterocycles. The maximum atomic E-state index is 11.1. The fourth-order valence-corrected chi connectivity index (χ4v) is 1.17. The van der Waals surface area contributed by atoms with Gasteiger partial charge in [-0.3, -0.25) is 4.99 Å². The van der Waals surface area contributed by atoms with Crippen LogP contribution in [0, 0.1) is 0 Å². The van der Waals surface area contributed by atoms with Crippen molar-refractivity contribution in [2.45, 2.75) is 6.04 Å². The van der Waals surface area contributed by atoms with Crippen LogP contribution < -0.4 is 0 Å². The Labute approximate surface area is 98.5 Å². The van der Waals surface area contributed by atoms with Crippen LogP contribution in [0.4, 0.5) is 0 Å². The molecular formula is C11H12ClNO3. The van der Waals surface area contributed by atoms with E-state index in [-0.39, 0.29) is 6.61 Å². The predicted octanol–water partition coefficient (Wildman–Crippen LogP) is 1.29. The summed E-state index contributed by atoms with van der Waals surface area (Å²) < 4.78 is 4.48. The lowest BCUT2D eigenvalue weighted by molar-refractivity contribution is -0.142. The predicted molar refractivity (Wildman–Crippen MR) is 61.9 cm³/mol. The molecule has 1 aromatic carbocycles. The lowest BCUT2D eigenvalue weighted by Crippen LogP contribution is -2.24. The molecule has 1 N–H and O–H groups in total. The molecule has 1 unspecified atom stereocenters. The molecule has 5 heteroatoms. The molecule has 0 amide bonds. The van der Waals surface area contributed by atoms with Gasteiger partial charge in [0.1, 0.15) is 0 Å². The zero-order valence-electron chi connectivity index (χ0n) is 8.76. The quantitative estimate of drug-likeness (QED) is 0.638. The summed E-state index contributed by atoms with van der Waals surface area (Å²) in [6, 6.07) is 6.08. The molecule has 1 aromatic rings. The van der Waals surface area contributed by atoms with Crippen LogP contribution in [0.25, 0.3) is 0 Å². The fraction of sp³-hybridized carbons (Fsp3) is 0.273. The van der Waals surface area contributed by atoms with Crippen LogP contribution in [-0.2, 0) is 9.53 Å². The van der Waals surface area contributed by atoms with Crippen molar-refractivity contribution < 1.29 is 14.6 Å². The topological polar surface area (TPSA) is 58.9 Å². The van der Waals surface area contributed by atoms with Gasteiger partial charge in [-0.1, -0.05) is 23.7 Å². The van der Waals surface area contributed by atoms with E-state index in [1.165, 1.54) is 13.3 Å². The molecule has 0 aliphatic heterocycles. The van der Waals surface area contributed by atoms with Gasteiger partial charge in [0.05, 0.1) is 13.7 Å². The number of carbonyl (C=O) groups is 1. The average Bonchev–Trinajstić information content (AvgIpc) is 2.31. The number of benzene rings is 1. The summed E-state index contributed by atoms with van der Waals surface area (Å²) in [7, 11) is 1.25. The van der Waals surface area contributed by atoms with Crippen LogP contribution in [-0.4, -0.2) is 37.0 Å². The summed E-state index contributed by atoms with van der Waals surface area (Å²) >= 11 is 5.72. The van der Waals surface area contributed by atoms with Crippen molar-refractivity contribution in [1.29, 1.82) is 0 Å². The third-order valence-corrected chi connectivity index (χ3v) is 2.17. The van der Waals surface area contributed by atoms with Crippen LogP contribution in [0.2, 0.25) is 5.02 Å². The first kappa shape index (κ1) is 12.7. The van der Waals surface area contributed by atoms with Gasteiger partial charge in [-0.25, -0.2) is 4.79 Å². The third-order valence-electron chi connectivity index (χ3n) is 1.92. The lowest BCUT2D eigenvalue weighted by atomic mass is 10.2. The van der Waals surface area contributed by atoms with E-state index in [9.17, 15) is 4.79 Å². The van der Waals surface area contributed by atoms with E-state index in [1.807, 2.05) is 0 Å². The van der Waals surface area contributed by atoms with Crippen LogP contribution in [0.15, 0.2) is 29.3 Å². The zero-order chi connectivity index (χ0) is 12.0. The molecular weight excluding hydrogens is 230 g/mol. The highest BCUT2D eigenvalue weighted by Gasteiger charge is 2.15. The van der Waals surface area contributed by atoms with E-state index in [0.29, 0.717) is 5.02 Å². The Balaban J connectivity index is 2.71. The van der Waals surface area contributed by atoms with E-state index in [1.54, 1.807) is 24.3 Å². The summed E-state index contributed by atoms with van der Waals surface area (Å²) in [4.78, 5) is 15.0. The third kappa shape index (κ3) is 3.64. The van der Waals surface area contributed by atoms with Gasteiger partial charge in [-0.2, -0.15) is 0 Å². The second-order valence-corrected chi connectivity index (χ2v) is 3.49. The molecule has 0 aliphatic carbocycles. The van der Waals surface area contributed by atoms with E-state index < -0.39 is 12.0 Å². The van der Waals surface area contributed by atoms with Crippen molar-refractivity contribution in [3.8, 4) is 0 Å². The Morgan fingerprint density at radius 1 is 1.56 bits per heavy atom. The smallest absolute Gasteiger partial charge is 0.332 e. The van der Waals surface area contributed by atoms with Gasteiger partial charge >= 0.3 is 5.97 Å². The number of aliphatic imine (C=N–C) groups is 1. The average molecular weight is 242 g/mol. The minimum Gasteiger partial charge on any atom is -0.467 e. The molecule has 0 bridgehead atoms. The molecule has 86 valence electrons. The minimum atomic E-state index is -0.874. The standard InChI is InChI=1S/C11H12ClNO3/c1-16-11(15)10(7-14)13-6-8-2-4-9(12)5-3-8/h2-6,10,14H,7H2,1H3/b13-6+. The first-order valence-electron chi connectivity index (χ1n) is 4.65. The van der Waals surface area contributed by atoms with Gasteiger partial charge < -0.3 is 9.84 Å².